The van der Waals surface area contributed by atoms with Crippen molar-refractivity contribution in [3.05, 3.63) is 82.9 Å². The zero-order valence-electron chi connectivity index (χ0n) is 30.6. The molecule has 2 fully saturated rings. The fourth-order valence-electron chi connectivity index (χ4n) is 8.25. The van der Waals surface area contributed by atoms with Crippen LogP contribution in [-0.2, 0) is 24.7 Å². The van der Waals surface area contributed by atoms with E-state index in [2.05, 4.69) is 5.32 Å². The third-order valence-electron chi connectivity index (χ3n) is 10.8. The number of carbonyl (C=O) groups excluding carboxylic acids is 4. The van der Waals surface area contributed by atoms with Gasteiger partial charge in [0.15, 0.2) is 5.78 Å². The Labute approximate surface area is 314 Å². The number of hydrogen-bond donors (Lipinski definition) is 4. The van der Waals surface area contributed by atoms with Crippen molar-refractivity contribution in [1.29, 1.82) is 0 Å². The fourth-order valence-corrected chi connectivity index (χ4v) is 9.71. The van der Waals surface area contributed by atoms with Gasteiger partial charge in [-0.3, -0.25) is 14.4 Å². The summed E-state index contributed by atoms with van der Waals surface area (Å²) in [6.45, 7) is 9.04. The molecule has 0 saturated carbocycles. The summed E-state index contributed by atoms with van der Waals surface area (Å²) in [5.74, 6) is -0.332. The number of Topliss-reactive ketones (excluding diaryl/α,β-unsaturated/α-hetero) is 1. The second-order valence-electron chi connectivity index (χ2n) is 15.6. The van der Waals surface area contributed by atoms with Crippen LogP contribution < -0.4 is 27.3 Å². The summed E-state index contributed by atoms with van der Waals surface area (Å²) in [5, 5.41) is 2.46. The predicted molar refractivity (Wildman–Crippen MR) is 203 cm³/mol. The Bertz CT molecular complexity index is 1950. The molecule has 280 valence electrons. The molecule has 53 heavy (non-hydrogen) atoms. The van der Waals surface area contributed by atoms with Gasteiger partial charge in [0, 0.05) is 48.7 Å². The Morgan fingerprint density at radius 2 is 1.68 bits per heavy atom. The van der Waals surface area contributed by atoms with E-state index in [1.807, 2.05) is 70.2 Å². The highest BCUT2D eigenvalue weighted by atomic mass is 32.2. The maximum Gasteiger partial charge on any atom is 0.410 e. The molecular weight excluding hydrogens is 693 g/mol. The quantitative estimate of drug-likeness (QED) is 0.264. The smallest absolute Gasteiger partial charge is 0.410 e. The first-order valence-corrected chi connectivity index (χ1v) is 19.1. The maximum absolute atomic E-state index is 14.4. The van der Waals surface area contributed by atoms with E-state index in [4.69, 9.17) is 26.7 Å². The summed E-state index contributed by atoms with van der Waals surface area (Å²) >= 11 is 1.32. The van der Waals surface area contributed by atoms with Crippen LogP contribution in [0.25, 0.3) is 0 Å². The van der Waals surface area contributed by atoms with E-state index >= 15 is 0 Å². The normalized spacial score (nSPS) is 26.6. The summed E-state index contributed by atoms with van der Waals surface area (Å²) in [7, 11) is 0. The maximum atomic E-state index is 14.4. The third-order valence-corrected chi connectivity index (χ3v) is 12.2. The summed E-state index contributed by atoms with van der Waals surface area (Å²) in [6, 6.07) is 17.0. The van der Waals surface area contributed by atoms with Gasteiger partial charge >= 0.3 is 6.09 Å². The van der Waals surface area contributed by atoms with Gasteiger partial charge in [0.2, 0.25) is 11.8 Å². The van der Waals surface area contributed by atoms with E-state index in [-0.39, 0.29) is 29.6 Å². The average molecular weight is 741 g/mol. The lowest BCUT2D eigenvalue weighted by atomic mass is 9.64. The molecule has 3 aromatic carbocycles. The number of amides is 3. The molecule has 0 spiro atoms. The molecule has 0 unspecified atom stereocenters. The summed E-state index contributed by atoms with van der Waals surface area (Å²) in [6.07, 6.45) is 1.57. The van der Waals surface area contributed by atoms with E-state index < -0.39 is 34.4 Å². The second kappa shape index (κ2) is 14.0. The number of thioether (sulfide) groups is 1. The number of benzene rings is 3. The van der Waals surface area contributed by atoms with Gasteiger partial charge in [0.25, 0.3) is 0 Å². The molecule has 2 saturated heterocycles. The zero-order valence-corrected chi connectivity index (χ0v) is 31.4. The monoisotopic (exact) mass is 740 g/mol. The molecule has 3 aliphatic heterocycles. The molecule has 0 aromatic heterocycles. The Morgan fingerprint density at radius 3 is 2.40 bits per heavy atom. The molecule has 3 aromatic rings. The minimum atomic E-state index is -1.57. The molecule has 13 heteroatoms. The van der Waals surface area contributed by atoms with Crippen LogP contribution in [-0.4, -0.2) is 82.6 Å². The first kappa shape index (κ1) is 36.8. The highest BCUT2D eigenvalue weighted by Gasteiger charge is 2.57. The highest BCUT2D eigenvalue weighted by Crippen LogP contribution is 2.56. The molecule has 0 bridgehead atoms. The number of nitrogens with one attached hydrogen (secondary N) is 1. The minimum Gasteiger partial charge on any atom is -0.457 e. The summed E-state index contributed by atoms with van der Waals surface area (Å²) in [5.41, 5.74) is 21.5. The van der Waals surface area contributed by atoms with Crippen LogP contribution in [0, 0.1) is 12.8 Å². The third kappa shape index (κ3) is 6.86. The number of ketones is 1. The number of rotatable bonds is 6. The van der Waals surface area contributed by atoms with Gasteiger partial charge in [-0.2, -0.15) is 0 Å². The number of piperidine rings is 1. The van der Waals surface area contributed by atoms with Gasteiger partial charge in [-0.25, -0.2) is 4.79 Å². The van der Waals surface area contributed by atoms with Crippen molar-refractivity contribution in [1.82, 2.24) is 15.1 Å². The van der Waals surface area contributed by atoms with Crippen LogP contribution in [0.15, 0.2) is 65.6 Å². The predicted octanol–water partition coefficient (Wildman–Crippen LogP) is 4.40. The summed E-state index contributed by atoms with van der Waals surface area (Å²) in [4.78, 5) is 58.9. The first-order chi connectivity index (χ1) is 25.2. The van der Waals surface area contributed by atoms with Crippen molar-refractivity contribution in [3.8, 4) is 11.5 Å². The van der Waals surface area contributed by atoms with Crippen molar-refractivity contribution in [2.24, 2.45) is 17.4 Å². The van der Waals surface area contributed by atoms with E-state index in [1.54, 1.807) is 28.0 Å². The molecule has 7 N–H and O–H groups in total. The SMILES string of the molecule is Cc1cc(Oc2ccccc2)ccc1[C@]1(N)C(=O)[C@H](N)[C@H]2c3c1ccc(N)c3S[C@H]2C(=O)N[C@@H]1CCCN(C(=O)[C@@H]2CCN(C(=O)OC(C)(C)C)C2)C1. The number of nitrogen functional groups attached to an aromatic ring is 1. The molecule has 12 nitrogen and oxygen atoms in total. The van der Waals surface area contributed by atoms with Crippen LogP contribution in [0.3, 0.4) is 0 Å². The van der Waals surface area contributed by atoms with Crippen LogP contribution in [0.1, 0.15) is 68.2 Å². The topological polar surface area (TPSA) is 183 Å². The van der Waals surface area contributed by atoms with Crippen LogP contribution in [0.2, 0.25) is 0 Å². The molecule has 7 rings (SSSR count). The van der Waals surface area contributed by atoms with Crippen molar-refractivity contribution < 1.29 is 28.7 Å². The lowest BCUT2D eigenvalue weighted by molar-refractivity contribution is -0.137. The zero-order chi connectivity index (χ0) is 37.8. The van der Waals surface area contributed by atoms with E-state index in [0.717, 1.165) is 17.5 Å². The number of ether oxygens (including phenoxy) is 2. The van der Waals surface area contributed by atoms with Crippen molar-refractivity contribution >= 4 is 41.1 Å². The van der Waals surface area contributed by atoms with E-state index in [0.29, 0.717) is 72.2 Å². The Hall–Kier alpha value is -4.59. The van der Waals surface area contributed by atoms with E-state index in [9.17, 15) is 19.2 Å². The molecule has 3 amide bonds. The molecule has 4 aliphatic rings. The average Bonchev–Trinajstić information content (AvgIpc) is 3.77. The molecular formula is C40H48N6O6S. The Morgan fingerprint density at radius 1 is 0.943 bits per heavy atom. The fraction of sp³-hybridized carbons (Fsp3) is 0.450. The molecule has 0 radical (unpaired) electrons. The lowest BCUT2D eigenvalue weighted by Crippen LogP contribution is -2.61. The number of aryl methyl sites for hydroxylation is 1. The van der Waals surface area contributed by atoms with Crippen LogP contribution in [0.4, 0.5) is 10.5 Å². The Kier molecular flexibility index (Phi) is 9.71. The Balaban J connectivity index is 1.07. The van der Waals surface area contributed by atoms with Crippen molar-refractivity contribution in [2.45, 2.75) is 86.2 Å². The number of hydrogen-bond acceptors (Lipinski definition) is 10. The van der Waals surface area contributed by atoms with Gasteiger partial charge in [-0.15, -0.1) is 11.8 Å². The number of likely N-dealkylation sites (tertiary alicyclic amines) is 2. The number of anilines is 1. The second-order valence-corrected chi connectivity index (χ2v) is 16.8. The van der Waals surface area contributed by atoms with Crippen molar-refractivity contribution in [2.75, 3.05) is 31.9 Å². The van der Waals surface area contributed by atoms with E-state index in [1.165, 1.54) is 11.8 Å². The molecule has 1 aliphatic carbocycles. The largest absolute Gasteiger partial charge is 0.457 e. The lowest BCUT2D eigenvalue weighted by Gasteiger charge is -2.42. The van der Waals surface area contributed by atoms with Crippen LogP contribution in [0.5, 0.6) is 11.5 Å². The molecule has 6 atom stereocenters. The van der Waals surface area contributed by atoms with Crippen molar-refractivity contribution in [3.63, 3.8) is 0 Å². The summed E-state index contributed by atoms with van der Waals surface area (Å²) < 4.78 is 11.5. The van der Waals surface area contributed by atoms with Gasteiger partial charge in [-0.05, 0) is 99.5 Å². The van der Waals surface area contributed by atoms with Crippen LogP contribution >= 0.6 is 11.8 Å². The first-order valence-electron chi connectivity index (χ1n) is 18.2. The van der Waals surface area contributed by atoms with Gasteiger partial charge in [0.1, 0.15) is 22.6 Å². The van der Waals surface area contributed by atoms with Gasteiger partial charge in [0.05, 0.1) is 17.2 Å². The standard InChI is InChI=1S/C40H48N6O6S/c1-22-19-26(51-25-10-6-5-7-11-25)12-13-27(22)40(43)28-14-15-29(41)33-30(28)31(32(42)35(40)47)34(53-33)36(48)44-24-9-8-17-45(21-24)37(49)23-16-18-46(20-23)38(50)52-39(2,3)4/h5-7,10-15,19,23-24,31-32,34H,8-9,16-18,20-21,41-43H2,1-4H3,(H,44,48)/t23-,24-,31-,32-,34-,40-/m1/s1. The van der Waals surface area contributed by atoms with Gasteiger partial charge in [-0.1, -0.05) is 30.3 Å². The number of carbonyl (C=O) groups is 4. The number of nitrogens with zero attached hydrogens (tertiary/aromatic N) is 2. The molecule has 3 heterocycles. The number of nitrogens with two attached hydrogens (primary N) is 3. The minimum absolute atomic E-state index is 0.0239. The van der Waals surface area contributed by atoms with Gasteiger partial charge < -0.3 is 41.8 Å². The number of para-hydroxylation sites is 1. The highest BCUT2D eigenvalue weighted by molar-refractivity contribution is 8.01.